The second-order valence-corrected chi connectivity index (χ2v) is 11.8. The number of carbonyl (C=O) groups is 3. The average Bonchev–Trinajstić information content (AvgIpc) is 2.92. The average molecular weight is 654 g/mol. The SMILES string of the molecule is CC(NC(=O)CC(=O)Nc1ccc(C(=N)N)cc1)c1ccc(S(=O)(=O)C2CCNCC2)c(C(F)(F)F)c1.O=C(O)C(F)(F)F. The molecule has 1 atom stereocenters. The summed E-state index contributed by atoms with van der Waals surface area (Å²) >= 11 is 0. The van der Waals surface area contributed by atoms with Gasteiger partial charge >= 0.3 is 18.3 Å². The Kier molecular flexibility index (Phi) is 11.9. The number of nitrogens with two attached hydrogens (primary N) is 1. The first-order chi connectivity index (χ1) is 20.2. The fraction of sp³-hybridized carbons (Fsp3) is 0.385. The third kappa shape index (κ3) is 10.2. The molecule has 0 aromatic heterocycles. The Hall–Kier alpha value is -4.19. The number of hydrogen-bond donors (Lipinski definition) is 6. The molecule has 0 spiro atoms. The summed E-state index contributed by atoms with van der Waals surface area (Å²) in [4.78, 5) is 32.7. The molecule has 1 fully saturated rings. The number of hydrogen-bond acceptors (Lipinski definition) is 7. The van der Waals surface area contributed by atoms with Crippen LogP contribution in [0.3, 0.4) is 0 Å². The van der Waals surface area contributed by atoms with Gasteiger partial charge < -0.3 is 26.8 Å². The van der Waals surface area contributed by atoms with Crippen molar-refractivity contribution in [1.29, 1.82) is 5.41 Å². The van der Waals surface area contributed by atoms with Gasteiger partial charge in [-0.25, -0.2) is 13.2 Å². The Morgan fingerprint density at radius 2 is 1.57 bits per heavy atom. The number of nitrogen functional groups attached to an aromatic ring is 1. The van der Waals surface area contributed by atoms with Crippen molar-refractivity contribution in [1.82, 2.24) is 10.6 Å². The van der Waals surface area contributed by atoms with Gasteiger partial charge in [0.1, 0.15) is 12.3 Å². The zero-order chi connectivity index (χ0) is 33.5. The Bertz CT molecular complexity index is 1470. The molecule has 0 aliphatic carbocycles. The molecule has 1 unspecified atom stereocenters. The number of carboxylic acids is 1. The highest BCUT2D eigenvalue weighted by molar-refractivity contribution is 7.92. The number of nitrogens with one attached hydrogen (secondary N) is 4. The number of piperidine rings is 1. The molecule has 7 N–H and O–H groups in total. The fourth-order valence-corrected chi connectivity index (χ4v) is 5.99. The molecule has 18 heteroatoms. The molecular formula is C26H29F6N5O6S. The minimum Gasteiger partial charge on any atom is -0.475 e. The number of amides is 2. The number of alkyl halides is 6. The fourth-order valence-electron chi connectivity index (χ4n) is 4.03. The lowest BCUT2D eigenvalue weighted by atomic mass is 10.0. The summed E-state index contributed by atoms with van der Waals surface area (Å²) in [7, 11) is -4.21. The number of carbonyl (C=O) groups excluding carboxylic acids is 2. The molecule has 1 heterocycles. The van der Waals surface area contributed by atoms with Crippen molar-refractivity contribution in [2.45, 2.75) is 54.7 Å². The molecule has 2 amide bonds. The molecule has 0 radical (unpaired) electrons. The number of benzene rings is 2. The van der Waals surface area contributed by atoms with E-state index in [9.17, 15) is 44.3 Å². The summed E-state index contributed by atoms with van der Waals surface area (Å²) in [6.07, 6.45) is -10.2. The van der Waals surface area contributed by atoms with Gasteiger partial charge in [0.05, 0.1) is 21.8 Å². The van der Waals surface area contributed by atoms with E-state index in [1.165, 1.54) is 37.3 Å². The van der Waals surface area contributed by atoms with Crippen molar-refractivity contribution >= 4 is 39.1 Å². The van der Waals surface area contributed by atoms with Crippen LogP contribution in [0.15, 0.2) is 47.4 Å². The van der Waals surface area contributed by atoms with Crippen LogP contribution in [0.2, 0.25) is 0 Å². The summed E-state index contributed by atoms with van der Waals surface area (Å²) < 4.78 is 99.3. The maximum atomic E-state index is 13.9. The van der Waals surface area contributed by atoms with Crippen LogP contribution in [0.5, 0.6) is 0 Å². The van der Waals surface area contributed by atoms with E-state index in [0.29, 0.717) is 24.3 Å². The number of aliphatic carboxylic acids is 1. The zero-order valence-corrected chi connectivity index (χ0v) is 23.8. The van der Waals surface area contributed by atoms with Crippen LogP contribution < -0.4 is 21.7 Å². The van der Waals surface area contributed by atoms with Gasteiger partial charge in [0.2, 0.25) is 11.8 Å². The topological polar surface area (TPSA) is 192 Å². The van der Waals surface area contributed by atoms with Gasteiger partial charge in [-0.15, -0.1) is 0 Å². The monoisotopic (exact) mass is 653 g/mol. The molecule has 11 nitrogen and oxygen atoms in total. The van der Waals surface area contributed by atoms with E-state index in [-0.39, 0.29) is 24.2 Å². The second-order valence-electron chi connectivity index (χ2n) is 9.56. The number of halogens is 6. The predicted octanol–water partition coefficient (Wildman–Crippen LogP) is 3.35. The lowest BCUT2D eigenvalue weighted by Gasteiger charge is -2.25. The van der Waals surface area contributed by atoms with Crippen molar-refractivity contribution in [3.8, 4) is 0 Å². The van der Waals surface area contributed by atoms with Crippen LogP contribution in [0.1, 0.15) is 48.9 Å². The number of anilines is 1. The highest BCUT2D eigenvalue weighted by Gasteiger charge is 2.40. The molecule has 0 saturated carbocycles. The number of sulfone groups is 1. The smallest absolute Gasteiger partial charge is 0.475 e. The third-order valence-electron chi connectivity index (χ3n) is 6.26. The molecule has 1 aliphatic heterocycles. The van der Waals surface area contributed by atoms with Gasteiger partial charge in [0.15, 0.2) is 9.84 Å². The molecule has 242 valence electrons. The number of amidine groups is 1. The summed E-state index contributed by atoms with van der Waals surface area (Å²) in [5.41, 5.74) is 4.96. The van der Waals surface area contributed by atoms with Crippen molar-refractivity contribution in [2.24, 2.45) is 5.73 Å². The maximum Gasteiger partial charge on any atom is 0.490 e. The summed E-state index contributed by atoms with van der Waals surface area (Å²) in [5.74, 6) is -4.28. The van der Waals surface area contributed by atoms with Crippen molar-refractivity contribution in [3.05, 3.63) is 59.2 Å². The van der Waals surface area contributed by atoms with Crippen LogP contribution in [0, 0.1) is 5.41 Å². The summed E-state index contributed by atoms with van der Waals surface area (Å²) in [6.45, 7) is 2.25. The van der Waals surface area contributed by atoms with Gasteiger partial charge in [-0.3, -0.25) is 15.0 Å². The van der Waals surface area contributed by atoms with Gasteiger partial charge in [0, 0.05) is 11.3 Å². The Morgan fingerprint density at radius 3 is 2.05 bits per heavy atom. The van der Waals surface area contributed by atoms with Gasteiger partial charge in [-0.2, -0.15) is 26.3 Å². The predicted molar refractivity (Wildman–Crippen MR) is 145 cm³/mol. The van der Waals surface area contributed by atoms with Crippen molar-refractivity contribution < 1.29 is 54.3 Å². The third-order valence-corrected chi connectivity index (χ3v) is 8.58. The minimum absolute atomic E-state index is 0.0464. The van der Waals surface area contributed by atoms with E-state index < -0.39 is 68.1 Å². The minimum atomic E-state index is -5.08. The standard InChI is InChI=1S/C24H28F3N5O4S.C2HF3O2/c1-14(31-21(33)13-22(34)32-17-5-2-15(3-6-17)23(28)29)16-4-7-20(19(12-16)24(25,26)27)37(35,36)18-8-10-30-11-9-18;3-2(4,5)1(6)7/h2-7,12,14,18,30H,8-11,13H2,1H3,(H3,28,29)(H,31,33)(H,32,34);(H,6,7). The first-order valence-electron chi connectivity index (χ1n) is 12.7. The second kappa shape index (κ2) is 14.5. The lowest BCUT2D eigenvalue weighted by molar-refractivity contribution is -0.192. The van der Waals surface area contributed by atoms with Gasteiger partial charge in [-0.1, -0.05) is 6.07 Å². The lowest BCUT2D eigenvalue weighted by Crippen LogP contribution is -2.36. The highest BCUT2D eigenvalue weighted by atomic mass is 32.2. The van der Waals surface area contributed by atoms with Crippen LogP contribution in [0.4, 0.5) is 32.0 Å². The van der Waals surface area contributed by atoms with Crippen molar-refractivity contribution in [3.63, 3.8) is 0 Å². The van der Waals surface area contributed by atoms with E-state index in [0.717, 1.165) is 12.1 Å². The zero-order valence-electron chi connectivity index (χ0n) is 23.0. The van der Waals surface area contributed by atoms with Gasteiger partial charge in [0.25, 0.3) is 0 Å². The molecule has 3 rings (SSSR count). The van der Waals surface area contributed by atoms with Gasteiger partial charge in [-0.05, 0) is 74.8 Å². The van der Waals surface area contributed by atoms with E-state index in [2.05, 4.69) is 16.0 Å². The normalized spacial score (nSPS) is 14.9. The Morgan fingerprint density at radius 1 is 1.02 bits per heavy atom. The van der Waals surface area contributed by atoms with E-state index in [1.807, 2.05) is 0 Å². The highest BCUT2D eigenvalue weighted by Crippen LogP contribution is 2.38. The maximum absolute atomic E-state index is 13.9. The Labute approximate surface area is 247 Å². The first kappa shape index (κ1) is 36.0. The van der Waals surface area contributed by atoms with Crippen molar-refractivity contribution in [2.75, 3.05) is 18.4 Å². The number of carboxylic acid groups (broad SMARTS) is 1. The quantitative estimate of drug-likeness (QED) is 0.108. The van der Waals surface area contributed by atoms with Crippen LogP contribution in [-0.4, -0.2) is 61.7 Å². The molecule has 2 aromatic carbocycles. The van der Waals surface area contributed by atoms with Crippen LogP contribution in [-0.2, 0) is 30.4 Å². The Balaban J connectivity index is 0.000000860. The van der Waals surface area contributed by atoms with E-state index >= 15 is 0 Å². The van der Waals surface area contributed by atoms with E-state index in [4.69, 9.17) is 21.0 Å². The van der Waals surface area contributed by atoms with Crippen LogP contribution in [0.25, 0.3) is 0 Å². The largest absolute Gasteiger partial charge is 0.490 e. The van der Waals surface area contributed by atoms with Crippen LogP contribution >= 0.6 is 0 Å². The summed E-state index contributed by atoms with van der Waals surface area (Å²) in [5, 5.41) is 21.5. The molecule has 0 bridgehead atoms. The number of rotatable bonds is 8. The molecule has 1 aliphatic rings. The summed E-state index contributed by atoms with van der Waals surface area (Å²) in [6, 6.07) is 8.05. The molecular weight excluding hydrogens is 624 g/mol. The first-order valence-corrected chi connectivity index (χ1v) is 14.3. The molecule has 1 saturated heterocycles. The molecule has 44 heavy (non-hydrogen) atoms. The molecule has 2 aromatic rings. The van der Waals surface area contributed by atoms with E-state index in [1.54, 1.807) is 0 Å².